The van der Waals surface area contributed by atoms with Gasteiger partial charge in [0, 0.05) is 30.6 Å². The molecule has 2 aliphatic rings. The highest BCUT2D eigenvalue weighted by Crippen LogP contribution is 2.48. The van der Waals surface area contributed by atoms with Crippen LogP contribution in [0, 0.1) is 12.7 Å². The number of likely N-dealkylation sites (tertiary alicyclic amines) is 1. The first-order chi connectivity index (χ1) is 22.1. The topological polar surface area (TPSA) is 151 Å². The molecule has 3 amide bonds. The van der Waals surface area contributed by atoms with Gasteiger partial charge in [-0.15, -0.1) is 13.2 Å². The molecule has 6 rings (SSSR count). The minimum absolute atomic E-state index is 0.0319. The molecule has 4 heterocycles. The fourth-order valence-corrected chi connectivity index (χ4v) is 7.67. The molecule has 0 saturated carbocycles. The van der Waals surface area contributed by atoms with Crippen LogP contribution in [0.5, 0.6) is 0 Å². The molecule has 1 atom stereocenters. The zero-order chi connectivity index (χ0) is 33.9. The summed E-state index contributed by atoms with van der Waals surface area (Å²) in [7, 11) is -4.40. The first-order valence-electron chi connectivity index (χ1n) is 14.1. The van der Waals surface area contributed by atoms with Gasteiger partial charge in [-0.05, 0) is 49.4 Å². The number of carboxylic acid groups (broad SMARTS) is 1. The van der Waals surface area contributed by atoms with Crippen molar-refractivity contribution in [2.45, 2.75) is 36.7 Å². The van der Waals surface area contributed by atoms with Crippen molar-refractivity contribution in [2.75, 3.05) is 25.0 Å². The summed E-state index contributed by atoms with van der Waals surface area (Å²) >= 11 is 0. The van der Waals surface area contributed by atoms with Gasteiger partial charge in [0.2, 0.25) is 0 Å². The number of carbonyl (C=O) groups excluding carboxylic acids is 2. The molecule has 47 heavy (non-hydrogen) atoms. The number of hydrogen-bond acceptors (Lipinski definition) is 7. The molecular weight excluding hydrogens is 650 g/mol. The summed E-state index contributed by atoms with van der Waals surface area (Å²) < 4.78 is 85.4. The van der Waals surface area contributed by atoms with Gasteiger partial charge in [-0.25, -0.2) is 26.6 Å². The highest BCUT2D eigenvalue weighted by Gasteiger charge is 2.59. The molecule has 2 aromatic carbocycles. The van der Waals surface area contributed by atoms with Gasteiger partial charge >= 0.3 is 12.5 Å². The van der Waals surface area contributed by atoms with Crippen LogP contribution in [0.1, 0.15) is 33.6 Å². The Morgan fingerprint density at radius 2 is 1.81 bits per heavy atom. The minimum atomic E-state index is -4.93. The largest absolute Gasteiger partial charge is 0.522 e. The lowest BCUT2D eigenvalue weighted by Gasteiger charge is -2.34. The average Bonchev–Trinajstić information content (AvgIpc) is 3.59. The Morgan fingerprint density at radius 1 is 1.09 bits per heavy atom. The molecule has 4 aromatic rings. The Labute approximate surface area is 264 Å². The van der Waals surface area contributed by atoms with E-state index in [4.69, 9.17) is 5.11 Å². The number of alkyl halides is 3. The van der Waals surface area contributed by atoms with Crippen molar-refractivity contribution >= 4 is 44.8 Å². The monoisotopic (exact) mass is 675 g/mol. The van der Waals surface area contributed by atoms with Crippen LogP contribution in [0.25, 0.3) is 11.0 Å². The van der Waals surface area contributed by atoms with Crippen LogP contribution in [0.15, 0.2) is 65.6 Å². The van der Waals surface area contributed by atoms with E-state index in [2.05, 4.69) is 15.0 Å². The Balaban J connectivity index is 1.48. The van der Waals surface area contributed by atoms with Crippen LogP contribution in [0.3, 0.4) is 0 Å². The molecule has 1 saturated heterocycles. The van der Waals surface area contributed by atoms with Crippen molar-refractivity contribution in [1.29, 1.82) is 0 Å². The Bertz CT molecular complexity index is 2050. The molecule has 246 valence electrons. The van der Waals surface area contributed by atoms with E-state index in [9.17, 15) is 40.4 Å². The van der Waals surface area contributed by atoms with Crippen molar-refractivity contribution in [2.24, 2.45) is 0 Å². The maximum absolute atomic E-state index is 14.4. The molecule has 1 fully saturated rings. The number of ether oxygens (including phenoxy) is 1. The number of aromatic nitrogens is 2. The molecule has 2 N–H and O–H groups in total. The van der Waals surface area contributed by atoms with Crippen LogP contribution in [-0.4, -0.2) is 76.2 Å². The van der Waals surface area contributed by atoms with E-state index >= 15 is 0 Å². The first-order valence-corrected chi connectivity index (χ1v) is 15.5. The van der Waals surface area contributed by atoms with E-state index in [-0.39, 0.29) is 51.5 Å². The number of benzene rings is 2. The lowest BCUT2D eigenvalue weighted by molar-refractivity contribution is -0.324. The Morgan fingerprint density at radius 3 is 2.49 bits per heavy atom. The SMILES string of the molecule is Cc1ccc(S(=O)(=O)n2c(CN3C(=O)c4cc(F)ccc4[C@]34CCN(CCOC(F)(F)F)C4=O)cc3nc(NC(=O)O)ccc32)cc1. The number of hydrogen-bond donors (Lipinski definition) is 2. The number of amides is 3. The molecule has 0 unspecified atom stereocenters. The second-order valence-corrected chi connectivity index (χ2v) is 12.8. The zero-order valence-corrected chi connectivity index (χ0v) is 25.2. The van der Waals surface area contributed by atoms with Crippen LogP contribution < -0.4 is 5.32 Å². The average molecular weight is 676 g/mol. The van der Waals surface area contributed by atoms with Crippen LogP contribution in [-0.2, 0) is 31.6 Å². The van der Waals surface area contributed by atoms with Crippen molar-refractivity contribution in [3.63, 3.8) is 0 Å². The van der Waals surface area contributed by atoms with Gasteiger partial charge in [-0.2, -0.15) is 0 Å². The highest BCUT2D eigenvalue weighted by atomic mass is 32.2. The summed E-state index contributed by atoms with van der Waals surface area (Å²) in [5.74, 6) is -2.42. The molecule has 12 nitrogen and oxygen atoms in total. The van der Waals surface area contributed by atoms with E-state index in [1.807, 2.05) is 0 Å². The number of rotatable bonds is 8. The number of aryl methyl sites for hydroxylation is 1. The van der Waals surface area contributed by atoms with E-state index < -0.39 is 65.3 Å². The van der Waals surface area contributed by atoms with E-state index in [1.54, 1.807) is 19.1 Å². The summed E-state index contributed by atoms with van der Waals surface area (Å²) in [5, 5.41) is 11.3. The van der Waals surface area contributed by atoms with Gasteiger partial charge in [0.15, 0.2) is 0 Å². The quantitative estimate of drug-likeness (QED) is 0.261. The fraction of sp³-hybridized carbons (Fsp3) is 0.267. The van der Waals surface area contributed by atoms with Gasteiger partial charge in [-0.3, -0.25) is 19.6 Å². The molecule has 0 radical (unpaired) electrons. The maximum atomic E-state index is 14.4. The van der Waals surface area contributed by atoms with E-state index in [1.165, 1.54) is 36.4 Å². The summed E-state index contributed by atoms with van der Waals surface area (Å²) in [5.41, 5.74) is -1.01. The van der Waals surface area contributed by atoms with Crippen molar-refractivity contribution in [1.82, 2.24) is 18.8 Å². The Kier molecular flexibility index (Phi) is 7.71. The third kappa shape index (κ3) is 5.54. The molecule has 0 aliphatic carbocycles. The number of nitrogens with zero attached hydrogens (tertiary/aromatic N) is 4. The minimum Gasteiger partial charge on any atom is -0.465 e. The summed E-state index contributed by atoms with van der Waals surface area (Å²) in [6.45, 7) is -0.154. The maximum Gasteiger partial charge on any atom is 0.522 e. The van der Waals surface area contributed by atoms with Crippen LogP contribution >= 0.6 is 0 Å². The third-order valence-corrected chi connectivity index (χ3v) is 9.95. The van der Waals surface area contributed by atoms with Crippen molar-refractivity contribution < 1.29 is 50.2 Å². The van der Waals surface area contributed by atoms with Crippen molar-refractivity contribution in [3.8, 4) is 0 Å². The fourth-order valence-electron chi connectivity index (χ4n) is 6.14. The van der Waals surface area contributed by atoms with Gasteiger partial charge < -0.3 is 14.9 Å². The molecule has 0 bridgehead atoms. The van der Waals surface area contributed by atoms with E-state index in [0.29, 0.717) is 0 Å². The highest BCUT2D eigenvalue weighted by molar-refractivity contribution is 7.90. The van der Waals surface area contributed by atoms with Gasteiger partial charge in [0.05, 0.1) is 34.8 Å². The number of fused-ring (bicyclic) bond motifs is 3. The standard InChI is InChI=1S/C30H25F4N5O7S/c1-17-2-5-20(6-3-17)47(44,45)39-19(15-23-24(39)8-9-25(35-23)36-28(42)43)16-38-26(40)21-14-18(31)4-7-22(21)29(38)10-11-37(27(29)41)12-13-46-30(32,33)34/h2-9,14-15H,10-13,16H2,1H3,(H,35,36)(H,42,43)/t29-/m0/s1. The number of halogens is 4. The van der Waals surface area contributed by atoms with Gasteiger partial charge in [0.1, 0.15) is 17.2 Å². The lowest BCUT2D eigenvalue weighted by atomic mass is 9.87. The zero-order valence-electron chi connectivity index (χ0n) is 24.4. The lowest BCUT2D eigenvalue weighted by Crippen LogP contribution is -2.50. The summed E-state index contributed by atoms with van der Waals surface area (Å²) in [4.78, 5) is 45.5. The summed E-state index contributed by atoms with van der Waals surface area (Å²) in [6, 6.07) is 13.1. The predicted octanol–water partition coefficient (Wildman–Crippen LogP) is 4.43. The second-order valence-electron chi connectivity index (χ2n) is 11.0. The molecule has 17 heteroatoms. The Hall–Kier alpha value is -5.03. The molecule has 2 aromatic heterocycles. The van der Waals surface area contributed by atoms with Gasteiger partial charge in [0.25, 0.3) is 21.8 Å². The normalized spacial score (nSPS) is 18.1. The number of pyridine rings is 1. The predicted molar refractivity (Wildman–Crippen MR) is 156 cm³/mol. The molecular formula is C30H25F4N5O7S. The third-order valence-electron chi connectivity index (χ3n) is 8.17. The van der Waals surface area contributed by atoms with Crippen LogP contribution in [0.4, 0.5) is 28.2 Å². The number of carbonyl (C=O) groups is 3. The molecule has 1 spiro atoms. The van der Waals surface area contributed by atoms with Crippen LogP contribution in [0.2, 0.25) is 0 Å². The molecule has 2 aliphatic heterocycles. The smallest absolute Gasteiger partial charge is 0.465 e. The summed E-state index contributed by atoms with van der Waals surface area (Å²) in [6.07, 6.45) is -6.43. The van der Waals surface area contributed by atoms with Crippen molar-refractivity contribution in [3.05, 3.63) is 88.9 Å². The number of nitrogens with one attached hydrogen (secondary N) is 1. The second kappa shape index (κ2) is 11.3. The first kappa shape index (κ1) is 31.9. The van der Waals surface area contributed by atoms with Gasteiger partial charge in [-0.1, -0.05) is 23.8 Å². The van der Waals surface area contributed by atoms with E-state index in [0.717, 1.165) is 31.5 Å². The number of anilines is 1.